The molecule has 2 atom stereocenters. The molecule has 1 nitrogen and oxygen atoms in total. The maximum absolute atomic E-state index is 12.0. The van der Waals surface area contributed by atoms with Gasteiger partial charge in [-0.3, -0.25) is 4.79 Å². The topological polar surface area (TPSA) is 17.1 Å². The molecule has 0 N–H and O–H groups in total. The molecule has 0 amide bonds. The molecule has 96 valence electrons. The van der Waals surface area contributed by atoms with Crippen molar-refractivity contribution >= 4 is 5.78 Å². The normalized spacial score (nSPS) is 24.6. The number of ketones is 1. The van der Waals surface area contributed by atoms with Crippen LogP contribution >= 0.6 is 0 Å². The molecular formula is C18H18O. The van der Waals surface area contributed by atoms with Crippen molar-refractivity contribution in [2.24, 2.45) is 11.8 Å². The molecule has 2 aliphatic rings. The Morgan fingerprint density at radius 1 is 1.47 bits per heavy atom. The third kappa shape index (κ3) is 2.27. The molecule has 19 heavy (non-hydrogen) atoms. The Kier molecular flexibility index (Phi) is 3.71. The lowest BCUT2D eigenvalue weighted by Crippen LogP contribution is -2.23. The summed E-state index contributed by atoms with van der Waals surface area (Å²) in [4.78, 5) is 12.0. The highest BCUT2D eigenvalue weighted by molar-refractivity contribution is 6.12. The fourth-order valence-electron chi connectivity index (χ4n) is 2.79. The molecule has 0 saturated carbocycles. The van der Waals surface area contributed by atoms with Gasteiger partial charge < -0.3 is 0 Å². The van der Waals surface area contributed by atoms with E-state index < -0.39 is 0 Å². The van der Waals surface area contributed by atoms with Gasteiger partial charge in [-0.25, -0.2) is 0 Å². The number of rotatable bonds is 3. The first-order valence-corrected chi connectivity index (χ1v) is 6.58. The Bertz CT molecular complexity index is 588. The van der Waals surface area contributed by atoms with Gasteiger partial charge in [-0.05, 0) is 36.3 Å². The molecule has 1 heteroatoms. The molecule has 2 unspecified atom stereocenters. The van der Waals surface area contributed by atoms with Crippen LogP contribution in [-0.2, 0) is 4.79 Å². The second kappa shape index (κ2) is 5.28. The van der Waals surface area contributed by atoms with Crippen LogP contribution in [0.1, 0.15) is 20.3 Å². The summed E-state index contributed by atoms with van der Waals surface area (Å²) in [5, 5.41) is 0. The monoisotopic (exact) mass is 250 g/mol. The van der Waals surface area contributed by atoms with Gasteiger partial charge in [0.05, 0.1) is 0 Å². The zero-order valence-electron chi connectivity index (χ0n) is 11.4. The van der Waals surface area contributed by atoms with E-state index in [9.17, 15) is 4.79 Å². The third-order valence-corrected chi connectivity index (χ3v) is 3.77. The highest BCUT2D eigenvalue weighted by Gasteiger charge is 2.31. The molecule has 0 saturated heterocycles. The minimum atomic E-state index is -0.242. The average Bonchev–Trinajstić information content (AvgIpc) is 2.44. The molecule has 2 rings (SSSR count). The number of carbonyl (C=O) groups is 1. The van der Waals surface area contributed by atoms with E-state index >= 15 is 0 Å². The van der Waals surface area contributed by atoms with Crippen molar-refractivity contribution in [1.29, 1.82) is 0 Å². The van der Waals surface area contributed by atoms with Crippen molar-refractivity contribution in [2.45, 2.75) is 20.3 Å². The van der Waals surface area contributed by atoms with Crippen molar-refractivity contribution in [2.75, 3.05) is 0 Å². The van der Waals surface area contributed by atoms with Crippen molar-refractivity contribution in [3.05, 3.63) is 59.3 Å². The lowest BCUT2D eigenvalue weighted by atomic mass is 9.71. The summed E-state index contributed by atoms with van der Waals surface area (Å²) in [7, 11) is 0. The Morgan fingerprint density at radius 3 is 2.79 bits per heavy atom. The van der Waals surface area contributed by atoms with Crippen molar-refractivity contribution in [1.82, 2.24) is 0 Å². The minimum absolute atomic E-state index is 0.235. The third-order valence-electron chi connectivity index (χ3n) is 3.77. The molecular weight excluding hydrogens is 232 g/mol. The average molecular weight is 250 g/mol. The van der Waals surface area contributed by atoms with Crippen LogP contribution in [0.3, 0.4) is 0 Å². The van der Waals surface area contributed by atoms with Crippen LogP contribution in [0, 0.1) is 24.2 Å². The predicted molar refractivity (Wildman–Crippen MR) is 79.3 cm³/mol. The van der Waals surface area contributed by atoms with Gasteiger partial charge in [0.25, 0.3) is 0 Å². The first-order valence-electron chi connectivity index (χ1n) is 6.58. The number of hydrogen-bond acceptors (Lipinski definition) is 1. The Morgan fingerprint density at radius 2 is 2.21 bits per heavy atom. The van der Waals surface area contributed by atoms with E-state index in [2.05, 4.69) is 37.7 Å². The van der Waals surface area contributed by atoms with Gasteiger partial charge >= 0.3 is 0 Å². The summed E-state index contributed by atoms with van der Waals surface area (Å²) in [6, 6.07) is 0. The van der Waals surface area contributed by atoms with Crippen LogP contribution < -0.4 is 0 Å². The molecule has 0 aromatic carbocycles. The SMILES string of the molecule is C#CC(=O)C1=CC=CC2C1=C(C(=C)C)C=CC2CC. The number of fused-ring (bicyclic) bond motifs is 1. The van der Waals surface area contributed by atoms with E-state index in [1.807, 2.05) is 19.1 Å². The molecule has 0 aliphatic heterocycles. The van der Waals surface area contributed by atoms with E-state index in [1.54, 1.807) is 0 Å². The second-order valence-electron chi connectivity index (χ2n) is 5.00. The summed E-state index contributed by atoms with van der Waals surface area (Å²) in [6.07, 6.45) is 16.5. The molecule has 0 radical (unpaired) electrons. The van der Waals surface area contributed by atoms with Crippen LogP contribution in [-0.4, -0.2) is 5.78 Å². The number of hydrogen-bond donors (Lipinski definition) is 0. The number of Topliss-reactive ketones (excluding diaryl/α,β-unsaturated/α-hetero) is 1. The van der Waals surface area contributed by atoms with E-state index in [-0.39, 0.29) is 11.7 Å². The van der Waals surface area contributed by atoms with Crippen molar-refractivity contribution in [3.63, 3.8) is 0 Å². The molecule has 2 aliphatic carbocycles. The molecule has 0 heterocycles. The molecule has 0 aromatic rings. The summed E-state index contributed by atoms with van der Waals surface area (Å²) in [5.41, 5.74) is 3.72. The van der Waals surface area contributed by atoms with Crippen LogP contribution in [0.5, 0.6) is 0 Å². The molecule has 0 bridgehead atoms. The lowest BCUT2D eigenvalue weighted by molar-refractivity contribution is -0.110. The van der Waals surface area contributed by atoms with E-state index in [1.165, 1.54) is 0 Å². The van der Waals surface area contributed by atoms with Gasteiger partial charge in [-0.2, -0.15) is 0 Å². The first-order chi connectivity index (χ1) is 9.10. The van der Waals surface area contributed by atoms with Gasteiger partial charge in [-0.1, -0.05) is 49.5 Å². The summed E-state index contributed by atoms with van der Waals surface area (Å²) in [5.74, 6) is 2.64. The van der Waals surface area contributed by atoms with E-state index in [0.29, 0.717) is 11.5 Å². The first kappa shape index (κ1) is 13.4. The number of allylic oxidation sites excluding steroid dienone is 9. The highest BCUT2D eigenvalue weighted by atomic mass is 16.1. The Labute approximate surface area is 115 Å². The zero-order valence-corrected chi connectivity index (χ0v) is 11.4. The van der Waals surface area contributed by atoms with Gasteiger partial charge in [-0.15, -0.1) is 6.42 Å². The largest absolute Gasteiger partial charge is 0.279 e. The predicted octanol–water partition coefficient (Wildman–Crippen LogP) is 3.77. The maximum Gasteiger partial charge on any atom is 0.235 e. The van der Waals surface area contributed by atoms with Gasteiger partial charge in [0, 0.05) is 11.5 Å². The lowest BCUT2D eigenvalue weighted by Gasteiger charge is -2.32. The maximum atomic E-state index is 12.0. The van der Waals surface area contributed by atoms with Crippen LogP contribution in [0.2, 0.25) is 0 Å². The fourth-order valence-corrected chi connectivity index (χ4v) is 2.79. The number of terminal acetylenes is 1. The van der Waals surface area contributed by atoms with Crippen LogP contribution in [0.25, 0.3) is 0 Å². The standard InChI is InChI=1S/C18H18O/c1-5-13-10-11-14(12(3)4)18-15(13)8-7-9-16(18)17(19)6-2/h2,7-11,13,15H,3,5H2,1,4H3. The van der Waals surface area contributed by atoms with Crippen molar-refractivity contribution < 1.29 is 4.79 Å². The van der Waals surface area contributed by atoms with Gasteiger partial charge in [0.15, 0.2) is 0 Å². The smallest absolute Gasteiger partial charge is 0.235 e. The fraction of sp³-hybridized carbons (Fsp3) is 0.278. The molecule has 0 spiro atoms. The van der Waals surface area contributed by atoms with E-state index in [0.717, 1.165) is 23.1 Å². The van der Waals surface area contributed by atoms with E-state index in [4.69, 9.17) is 6.42 Å². The highest BCUT2D eigenvalue weighted by Crippen LogP contribution is 2.41. The van der Waals surface area contributed by atoms with Crippen LogP contribution in [0.15, 0.2) is 59.3 Å². The Hall–Kier alpha value is -2.07. The van der Waals surface area contributed by atoms with Gasteiger partial charge in [0.1, 0.15) is 0 Å². The molecule has 0 aromatic heterocycles. The second-order valence-corrected chi connectivity index (χ2v) is 5.00. The molecule has 0 fully saturated rings. The quantitative estimate of drug-likeness (QED) is 0.550. The van der Waals surface area contributed by atoms with Crippen LogP contribution in [0.4, 0.5) is 0 Å². The minimum Gasteiger partial charge on any atom is -0.279 e. The summed E-state index contributed by atoms with van der Waals surface area (Å²) >= 11 is 0. The number of carbonyl (C=O) groups excluding carboxylic acids is 1. The summed E-state index contributed by atoms with van der Waals surface area (Å²) < 4.78 is 0. The van der Waals surface area contributed by atoms with Gasteiger partial charge in [0.2, 0.25) is 5.78 Å². The van der Waals surface area contributed by atoms with Crippen molar-refractivity contribution in [3.8, 4) is 12.3 Å². The zero-order chi connectivity index (χ0) is 14.0. The Balaban J connectivity index is 2.61. The summed E-state index contributed by atoms with van der Waals surface area (Å²) in [6.45, 7) is 8.14.